The summed E-state index contributed by atoms with van der Waals surface area (Å²) in [5.41, 5.74) is -0.585. The lowest BCUT2D eigenvalue weighted by Crippen LogP contribution is -2.30. The molecule has 0 aliphatic carbocycles. The molecule has 0 aromatic carbocycles. The maximum atomic E-state index is 12.1. The van der Waals surface area contributed by atoms with Gasteiger partial charge in [0.1, 0.15) is 12.4 Å². The Kier molecular flexibility index (Phi) is 3.11. The average molecular weight is 281 g/mol. The molecule has 0 atom stereocenters. The molecule has 0 aliphatic heterocycles. The third-order valence-electron chi connectivity index (χ3n) is 2.41. The fraction of sp³-hybridized carbons (Fsp3) is 0.400. The van der Waals surface area contributed by atoms with Crippen LogP contribution in [-0.2, 0) is 16.4 Å². The van der Waals surface area contributed by atoms with E-state index in [2.05, 4.69) is 27.1 Å². The highest BCUT2D eigenvalue weighted by molar-refractivity contribution is 7.90. The van der Waals surface area contributed by atoms with Crippen LogP contribution in [0.15, 0.2) is 9.82 Å². The van der Waals surface area contributed by atoms with E-state index in [0.29, 0.717) is 0 Å². The van der Waals surface area contributed by atoms with E-state index in [-0.39, 0.29) is 23.0 Å². The van der Waals surface area contributed by atoms with Crippen LogP contribution in [0, 0.1) is 18.8 Å². The van der Waals surface area contributed by atoms with Crippen LogP contribution < -0.4 is 5.69 Å². The summed E-state index contributed by atoms with van der Waals surface area (Å²) in [7, 11) is -3.57. The number of aryl methyl sites for hydroxylation is 1. The summed E-state index contributed by atoms with van der Waals surface area (Å²) in [6.07, 6.45) is 1.00. The van der Waals surface area contributed by atoms with Gasteiger partial charge in [0, 0.05) is 6.26 Å². The van der Waals surface area contributed by atoms with Crippen molar-refractivity contribution in [2.24, 2.45) is 0 Å². The van der Waals surface area contributed by atoms with Gasteiger partial charge in [0.05, 0.1) is 0 Å². The molecule has 0 saturated heterocycles. The van der Waals surface area contributed by atoms with Crippen molar-refractivity contribution in [3.05, 3.63) is 16.3 Å². The van der Waals surface area contributed by atoms with Crippen molar-refractivity contribution < 1.29 is 8.42 Å². The minimum absolute atomic E-state index is 0.0642. The topological polar surface area (TPSA) is 99.2 Å². The van der Waals surface area contributed by atoms with E-state index in [4.69, 9.17) is 0 Å². The first kappa shape index (κ1) is 13.2. The van der Waals surface area contributed by atoms with Gasteiger partial charge in [-0.1, -0.05) is 11.1 Å². The second-order valence-corrected chi connectivity index (χ2v) is 5.78. The summed E-state index contributed by atoms with van der Waals surface area (Å²) in [6.45, 7) is 3.26. The lowest BCUT2D eigenvalue weighted by atomic mass is 10.6. The first-order chi connectivity index (χ1) is 8.86. The highest BCUT2D eigenvalue weighted by Crippen LogP contribution is 2.12. The number of aromatic nitrogens is 5. The largest absolute Gasteiger partial charge is 0.354 e. The van der Waals surface area contributed by atoms with Gasteiger partial charge in [-0.25, -0.2) is 22.6 Å². The number of hydrogen-bond donors (Lipinski definition) is 0. The molecule has 19 heavy (non-hydrogen) atoms. The summed E-state index contributed by atoms with van der Waals surface area (Å²) >= 11 is 0. The molecule has 2 rings (SSSR count). The summed E-state index contributed by atoms with van der Waals surface area (Å²) in [5.74, 6) is 5.57. The lowest BCUT2D eigenvalue weighted by Gasteiger charge is -2.00. The highest BCUT2D eigenvalue weighted by Gasteiger charge is 2.21. The predicted molar refractivity (Wildman–Crippen MR) is 66.3 cm³/mol. The maximum absolute atomic E-state index is 12.1. The van der Waals surface area contributed by atoms with Crippen LogP contribution in [0.1, 0.15) is 12.7 Å². The Morgan fingerprint density at radius 1 is 1.37 bits per heavy atom. The standard InChI is InChI=1S/C10H11N5O3S/c1-4-5-6-14-10(16)15-7(2)11-9(19(3,17)18)8(15)12-13-14/h6H2,1-3H3. The Bertz CT molecular complexity index is 866. The van der Waals surface area contributed by atoms with Gasteiger partial charge in [-0.05, 0) is 13.8 Å². The Labute approximate surface area is 109 Å². The molecule has 9 heteroatoms. The molecule has 0 unspecified atom stereocenters. The van der Waals surface area contributed by atoms with Gasteiger partial charge < -0.3 is 0 Å². The van der Waals surface area contributed by atoms with Gasteiger partial charge in [-0.15, -0.1) is 11.0 Å². The zero-order valence-electron chi connectivity index (χ0n) is 10.6. The van der Waals surface area contributed by atoms with Crippen molar-refractivity contribution in [3.8, 4) is 11.8 Å². The average Bonchev–Trinajstić information content (AvgIpc) is 2.66. The Hall–Kier alpha value is -2.21. The fourth-order valence-corrected chi connectivity index (χ4v) is 2.33. The van der Waals surface area contributed by atoms with Crippen LogP contribution in [-0.4, -0.2) is 39.1 Å². The number of sulfone groups is 1. The SMILES string of the molecule is CC#CCn1nnc2c(S(C)(=O)=O)nc(C)n2c1=O. The van der Waals surface area contributed by atoms with Gasteiger partial charge >= 0.3 is 5.69 Å². The molecule has 2 heterocycles. The van der Waals surface area contributed by atoms with Crippen molar-refractivity contribution in [2.75, 3.05) is 6.26 Å². The van der Waals surface area contributed by atoms with Crippen LogP contribution in [0.25, 0.3) is 5.65 Å². The van der Waals surface area contributed by atoms with E-state index in [1.54, 1.807) is 6.92 Å². The van der Waals surface area contributed by atoms with E-state index >= 15 is 0 Å². The van der Waals surface area contributed by atoms with Crippen molar-refractivity contribution in [1.29, 1.82) is 0 Å². The molecule has 0 radical (unpaired) electrons. The first-order valence-corrected chi connectivity index (χ1v) is 7.18. The van der Waals surface area contributed by atoms with Crippen LogP contribution in [0.3, 0.4) is 0 Å². The quantitative estimate of drug-likeness (QED) is 0.656. The lowest BCUT2D eigenvalue weighted by molar-refractivity contribution is 0.571. The minimum Gasteiger partial charge on any atom is -0.245 e. The van der Waals surface area contributed by atoms with Gasteiger partial charge in [0.25, 0.3) is 0 Å². The predicted octanol–water partition coefficient (Wildman–Crippen LogP) is -0.979. The summed E-state index contributed by atoms with van der Waals surface area (Å²) in [6, 6.07) is 0. The smallest absolute Gasteiger partial charge is 0.245 e. The maximum Gasteiger partial charge on any atom is 0.354 e. The third kappa shape index (κ3) is 2.22. The van der Waals surface area contributed by atoms with Crippen molar-refractivity contribution >= 4 is 15.5 Å². The van der Waals surface area contributed by atoms with Crippen molar-refractivity contribution in [1.82, 2.24) is 24.4 Å². The Balaban J connectivity index is 2.81. The highest BCUT2D eigenvalue weighted by atomic mass is 32.2. The van der Waals surface area contributed by atoms with Crippen LogP contribution >= 0.6 is 0 Å². The van der Waals surface area contributed by atoms with Gasteiger partial charge in [0.15, 0.2) is 9.84 Å². The Morgan fingerprint density at radius 3 is 2.63 bits per heavy atom. The Morgan fingerprint density at radius 2 is 2.05 bits per heavy atom. The number of hydrogen-bond acceptors (Lipinski definition) is 6. The molecule has 0 aliphatic rings. The molecule has 2 aromatic rings. The molecule has 8 nitrogen and oxygen atoms in total. The van der Waals surface area contributed by atoms with Crippen molar-refractivity contribution in [3.63, 3.8) is 0 Å². The van der Waals surface area contributed by atoms with Crippen LogP contribution in [0.2, 0.25) is 0 Å². The molecular weight excluding hydrogens is 270 g/mol. The summed E-state index contributed by atoms with van der Waals surface area (Å²) in [4.78, 5) is 16.0. The molecule has 0 N–H and O–H groups in total. The fourth-order valence-electron chi connectivity index (χ4n) is 1.56. The number of rotatable bonds is 2. The van der Waals surface area contributed by atoms with E-state index in [9.17, 15) is 13.2 Å². The molecule has 0 fully saturated rings. The normalized spacial score (nSPS) is 11.3. The van der Waals surface area contributed by atoms with E-state index < -0.39 is 15.5 Å². The van der Waals surface area contributed by atoms with Crippen LogP contribution in [0.4, 0.5) is 0 Å². The second kappa shape index (κ2) is 4.47. The van der Waals surface area contributed by atoms with Gasteiger partial charge in [-0.2, -0.15) is 4.68 Å². The molecular formula is C10H11N5O3S. The van der Waals surface area contributed by atoms with Crippen LogP contribution in [0.5, 0.6) is 0 Å². The first-order valence-electron chi connectivity index (χ1n) is 5.28. The minimum atomic E-state index is -3.57. The second-order valence-electron chi connectivity index (χ2n) is 3.85. The van der Waals surface area contributed by atoms with Crippen molar-refractivity contribution in [2.45, 2.75) is 25.4 Å². The molecule has 0 bridgehead atoms. The summed E-state index contributed by atoms with van der Waals surface area (Å²) < 4.78 is 25.3. The van der Waals surface area contributed by atoms with E-state index in [1.807, 2.05) is 0 Å². The van der Waals surface area contributed by atoms with Gasteiger partial charge in [-0.3, -0.25) is 0 Å². The van der Waals surface area contributed by atoms with Gasteiger partial charge in [0.2, 0.25) is 10.7 Å². The molecule has 0 amide bonds. The van der Waals surface area contributed by atoms with E-state index in [1.165, 1.54) is 6.92 Å². The summed E-state index contributed by atoms with van der Waals surface area (Å²) in [5, 5.41) is 7.16. The zero-order chi connectivity index (χ0) is 14.2. The molecule has 0 saturated carbocycles. The number of fused-ring (bicyclic) bond motifs is 1. The monoisotopic (exact) mass is 281 g/mol. The number of imidazole rings is 1. The molecule has 100 valence electrons. The van der Waals surface area contributed by atoms with E-state index in [0.717, 1.165) is 15.3 Å². The third-order valence-corrected chi connectivity index (χ3v) is 3.38. The molecule has 0 spiro atoms. The molecule has 2 aromatic heterocycles. The number of nitrogens with zero attached hydrogens (tertiary/aromatic N) is 5. The zero-order valence-corrected chi connectivity index (χ0v) is 11.4.